The van der Waals surface area contributed by atoms with E-state index >= 15 is 0 Å². The van der Waals surface area contributed by atoms with Gasteiger partial charge in [-0.05, 0) is 68.1 Å². The van der Waals surface area contributed by atoms with Gasteiger partial charge in [0.15, 0.2) is 4.34 Å². The number of carbonyl (C=O) groups excluding carboxylic acids is 1. The zero-order valence-electron chi connectivity index (χ0n) is 17.5. The van der Waals surface area contributed by atoms with Crippen molar-refractivity contribution in [3.8, 4) is 0 Å². The highest BCUT2D eigenvalue weighted by molar-refractivity contribution is 8.01. The van der Waals surface area contributed by atoms with Gasteiger partial charge in [-0.25, -0.2) is 4.98 Å². The zero-order chi connectivity index (χ0) is 22.4. The minimum Gasteiger partial charge on any atom is -0.399 e. The lowest BCUT2D eigenvalue weighted by atomic mass is 9.91. The van der Waals surface area contributed by atoms with Crippen LogP contribution in [0.1, 0.15) is 37.7 Å². The number of thioether (sulfide) groups is 1. The molecule has 2 atom stereocenters. The predicted octanol–water partition coefficient (Wildman–Crippen LogP) is 5.91. The SMILES string of the molecule is CCC(CCC(NC)NC(=O)CSc1nc2ccc(N)cc2s1)c1ccc(Cl)c(Cl)c1. The van der Waals surface area contributed by atoms with Crippen LogP contribution in [0.5, 0.6) is 0 Å². The topological polar surface area (TPSA) is 80.0 Å². The normalized spacial score (nSPS) is 13.3. The largest absolute Gasteiger partial charge is 0.399 e. The van der Waals surface area contributed by atoms with Crippen molar-refractivity contribution in [2.24, 2.45) is 0 Å². The number of thiazole rings is 1. The monoisotopic (exact) mass is 496 g/mol. The van der Waals surface area contributed by atoms with Crippen molar-refractivity contribution in [1.29, 1.82) is 0 Å². The molecular weight excluding hydrogens is 471 g/mol. The first-order chi connectivity index (χ1) is 14.9. The second-order valence-corrected chi connectivity index (χ2v) is 10.3. The fourth-order valence-electron chi connectivity index (χ4n) is 3.37. The van der Waals surface area contributed by atoms with Crippen LogP contribution in [0.2, 0.25) is 10.0 Å². The maximum Gasteiger partial charge on any atom is 0.231 e. The molecule has 166 valence electrons. The fraction of sp³-hybridized carbons (Fsp3) is 0.364. The van der Waals surface area contributed by atoms with Gasteiger partial charge in [0.05, 0.1) is 32.2 Å². The van der Waals surface area contributed by atoms with E-state index in [1.807, 2.05) is 43.4 Å². The molecule has 0 aliphatic carbocycles. The zero-order valence-corrected chi connectivity index (χ0v) is 20.6. The molecule has 3 aromatic rings. The summed E-state index contributed by atoms with van der Waals surface area (Å²) in [5, 5.41) is 7.40. The fourth-order valence-corrected chi connectivity index (χ4v) is 5.61. The van der Waals surface area contributed by atoms with Crippen LogP contribution in [-0.2, 0) is 4.79 Å². The van der Waals surface area contributed by atoms with Crippen LogP contribution in [0, 0.1) is 0 Å². The van der Waals surface area contributed by atoms with Crippen molar-refractivity contribution >= 4 is 68.1 Å². The van der Waals surface area contributed by atoms with E-state index in [1.165, 1.54) is 17.3 Å². The molecule has 1 heterocycles. The summed E-state index contributed by atoms with van der Waals surface area (Å²) in [6.45, 7) is 2.16. The summed E-state index contributed by atoms with van der Waals surface area (Å²) in [7, 11) is 1.86. The molecule has 1 aromatic heterocycles. The van der Waals surface area contributed by atoms with Gasteiger partial charge in [-0.1, -0.05) is 48.0 Å². The van der Waals surface area contributed by atoms with Gasteiger partial charge in [-0.15, -0.1) is 11.3 Å². The Hall–Kier alpha value is -1.51. The number of hydrogen-bond acceptors (Lipinski definition) is 6. The summed E-state index contributed by atoms with van der Waals surface area (Å²) >= 11 is 15.2. The Balaban J connectivity index is 1.50. The third-order valence-corrected chi connectivity index (χ3v) is 8.02. The molecule has 2 aromatic carbocycles. The number of rotatable bonds is 10. The van der Waals surface area contributed by atoms with E-state index in [-0.39, 0.29) is 12.1 Å². The summed E-state index contributed by atoms with van der Waals surface area (Å²) in [4.78, 5) is 17.0. The lowest BCUT2D eigenvalue weighted by Crippen LogP contribution is -2.44. The Labute approximate surface area is 201 Å². The van der Waals surface area contributed by atoms with Gasteiger partial charge in [0, 0.05) is 5.69 Å². The van der Waals surface area contributed by atoms with Gasteiger partial charge in [-0.2, -0.15) is 0 Å². The van der Waals surface area contributed by atoms with E-state index in [1.54, 1.807) is 11.3 Å². The number of nitrogens with one attached hydrogen (secondary N) is 2. The van der Waals surface area contributed by atoms with Gasteiger partial charge in [0.1, 0.15) is 0 Å². The number of benzene rings is 2. The van der Waals surface area contributed by atoms with Crippen molar-refractivity contribution in [2.45, 2.75) is 42.6 Å². The van der Waals surface area contributed by atoms with Crippen LogP contribution in [0.3, 0.4) is 0 Å². The van der Waals surface area contributed by atoms with Crippen LogP contribution in [0.4, 0.5) is 5.69 Å². The van der Waals surface area contributed by atoms with Crippen LogP contribution >= 0.6 is 46.3 Å². The highest BCUT2D eigenvalue weighted by Crippen LogP contribution is 2.32. The lowest BCUT2D eigenvalue weighted by Gasteiger charge is -2.22. The number of halogens is 2. The van der Waals surface area contributed by atoms with Crippen LogP contribution in [-0.4, -0.2) is 29.9 Å². The quantitative estimate of drug-likeness (QED) is 0.184. The highest BCUT2D eigenvalue weighted by Gasteiger charge is 2.16. The van der Waals surface area contributed by atoms with Gasteiger partial charge in [0.2, 0.25) is 5.91 Å². The Morgan fingerprint density at radius 1 is 1.19 bits per heavy atom. The molecule has 1 amide bonds. The molecule has 4 N–H and O–H groups in total. The molecule has 0 fully saturated rings. The summed E-state index contributed by atoms with van der Waals surface area (Å²) in [6, 6.07) is 11.5. The third-order valence-electron chi connectivity index (χ3n) is 5.11. The first-order valence-corrected chi connectivity index (χ1v) is 12.7. The third kappa shape index (κ3) is 6.73. The summed E-state index contributed by atoms with van der Waals surface area (Å²) in [5.74, 6) is 0.648. The number of nitrogens with zero attached hydrogens (tertiary/aromatic N) is 1. The van der Waals surface area contributed by atoms with Crippen molar-refractivity contribution in [3.63, 3.8) is 0 Å². The number of nitrogen functional groups attached to an aromatic ring is 1. The first-order valence-electron chi connectivity index (χ1n) is 10.1. The molecule has 3 rings (SSSR count). The number of nitrogens with two attached hydrogens (primary N) is 1. The van der Waals surface area contributed by atoms with Crippen molar-refractivity contribution < 1.29 is 4.79 Å². The van der Waals surface area contributed by atoms with Crippen molar-refractivity contribution in [2.75, 3.05) is 18.5 Å². The van der Waals surface area contributed by atoms with E-state index in [0.29, 0.717) is 27.4 Å². The summed E-state index contributed by atoms with van der Waals surface area (Å²) in [6.07, 6.45) is 2.62. The summed E-state index contributed by atoms with van der Waals surface area (Å²) in [5.41, 5.74) is 8.62. The molecular formula is C22H26Cl2N4OS2. The van der Waals surface area contributed by atoms with Gasteiger partial charge in [-0.3, -0.25) is 4.79 Å². The van der Waals surface area contributed by atoms with E-state index in [2.05, 4.69) is 22.5 Å². The van der Waals surface area contributed by atoms with Gasteiger partial charge >= 0.3 is 0 Å². The number of aromatic nitrogens is 1. The van der Waals surface area contributed by atoms with Crippen molar-refractivity contribution in [3.05, 3.63) is 52.0 Å². The smallest absolute Gasteiger partial charge is 0.231 e. The molecule has 0 bridgehead atoms. The first kappa shape index (κ1) is 24.1. The van der Waals surface area contributed by atoms with E-state index in [4.69, 9.17) is 28.9 Å². The maximum atomic E-state index is 12.5. The van der Waals surface area contributed by atoms with E-state index < -0.39 is 0 Å². The molecule has 0 saturated heterocycles. The number of anilines is 1. The molecule has 5 nitrogen and oxygen atoms in total. The molecule has 31 heavy (non-hydrogen) atoms. The predicted molar refractivity (Wildman–Crippen MR) is 134 cm³/mol. The average molecular weight is 498 g/mol. The maximum absolute atomic E-state index is 12.5. The van der Waals surface area contributed by atoms with Crippen LogP contribution in [0.15, 0.2) is 40.7 Å². The molecule has 0 aliphatic rings. The Kier molecular flexibility index (Phi) is 8.86. The standard InChI is InChI=1S/C22H26Cl2N4OS2/c1-3-13(14-4-7-16(23)17(24)10-14)5-9-20(26-2)28-21(29)12-30-22-27-18-8-6-15(25)11-19(18)31-22/h4,6-8,10-11,13,20,26H,3,5,9,12,25H2,1-2H3,(H,28,29). The van der Waals surface area contributed by atoms with Gasteiger partial charge in [0.25, 0.3) is 0 Å². The summed E-state index contributed by atoms with van der Waals surface area (Å²) < 4.78 is 1.89. The van der Waals surface area contributed by atoms with Gasteiger partial charge < -0.3 is 16.4 Å². The molecule has 9 heteroatoms. The lowest BCUT2D eigenvalue weighted by molar-refractivity contribution is -0.119. The second-order valence-electron chi connectivity index (χ2n) is 7.26. The molecule has 0 spiro atoms. The molecule has 2 unspecified atom stereocenters. The minimum atomic E-state index is -0.0971. The highest BCUT2D eigenvalue weighted by atomic mass is 35.5. The van der Waals surface area contributed by atoms with Crippen molar-refractivity contribution in [1.82, 2.24) is 15.6 Å². The molecule has 0 saturated carbocycles. The average Bonchev–Trinajstić information content (AvgIpc) is 3.16. The number of amides is 1. The number of fused-ring (bicyclic) bond motifs is 1. The number of carbonyl (C=O) groups is 1. The van der Waals surface area contributed by atoms with E-state index in [0.717, 1.165) is 33.8 Å². The van der Waals surface area contributed by atoms with Crippen LogP contribution in [0.25, 0.3) is 10.2 Å². The Bertz CT molecular complexity index is 1040. The second kappa shape index (κ2) is 11.4. The molecule has 0 aliphatic heterocycles. The van der Waals surface area contributed by atoms with Crippen LogP contribution < -0.4 is 16.4 Å². The van der Waals surface area contributed by atoms with E-state index in [9.17, 15) is 4.79 Å². The Morgan fingerprint density at radius 3 is 2.71 bits per heavy atom. The molecule has 0 radical (unpaired) electrons. The Morgan fingerprint density at radius 2 is 2.00 bits per heavy atom. The number of hydrogen-bond donors (Lipinski definition) is 3. The minimum absolute atomic E-state index is 0.0225.